The number of hydrogen-bond donors (Lipinski definition) is 0. The van der Waals surface area contributed by atoms with Crippen LogP contribution < -0.4 is 0 Å². The molecule has 4 heteroatoms. The molecular weight excluding hydrogens is 140 g/mol. The van der Waals surface area contributed by atoms with Crippen LogP contribution in [0.1, 0.15) is 25.6 Å². The average Bonchev–Trinajstić information content (AvgIpc) is 2.37. The standard InChI is InChI=1S/C7H10N4/c1-6(2)11-5-7(3-4-8)9-10-11/h5-6H,3H2,1-2H3. The van der Waals surface area contributed by atoms with Crippen molar-refractivity contribution in [2.45, 2.75) is 26.3 Å². The Morgan fingerprint density at radius 2 is 2.45 bits per heavy atom. The van der Waals surface area contributed by atoms with Crippen molar-refractivity contribution in [2.24, 2.45) is 0 Å². The Bertz CT molecular complexity index is 268. The zero-order valence-corrected chi connectivity index (χ0v) is 6.65. The number of aromatic nitrogens is 3. The molecular formula is C7H10N4. The summed E-state index contributed by atoms with van der Waals surface area (Å²) < 4.78 is 1.74. The highest BCUT2D eigenvalue weighted by Gasteiger charge is 2.01. The van der Waals surface area contributed by atoms with E-state index in [1.807, 2.05) is 19.9 Å². The molecule has 0 spiro atoms. The third-order valence-electron chi connectivity index (χ3n) is 1.35. The Kier molecular flexibility index (Phi) is 2.21. The van der Waals surface area contributed by atoms with Gasteiger partial charge in [0.25, 0.3) is 0 Å². The topological polar surface area (TPSA) is 54.5 Å². The van der Waals surface area contributed by atoms with E-state index >= 15 is 0 Å². The van der Waals surface area contributed by atoms with E-state index in [0.29, 0.717) is 12.5 Å². The monoisotopic (exact) mass is 150 g/mol. The smallest absolute Gasteiger partial charge is 0.0967 e. The molecule has 0 aliphatic carbocycles. The summed E-state index contributed by atoms with van der Waals surface area (Å²) in [7, 11) is 0. The Labute approximate surface area is 65.4 Å². The van der Waals surface area contributed by atoms with Crippen molar-refractivity contribution < 1.29 is 0 Å². The summed E-state index contributed by atoms with van der Waals surface area (Å²) in [6, 6.07) is 2.34. The van der Waals surface area contributed by atoms with Crippen LogP contribution in [0, 0.1) is 11.3 Å². The van der Waals surface area contributed by atoms with E-state index in [4.69, 9.17) is 5.26 Å². The van der Waals surface area contributed by atoms with Gasteiger partial charge in [-0.25, -0.2) is 4.68 Å². The molecule has 0 aromatic carbocycles. The predicted molar refractivity (Wildman–Crippen MR) is 39.7 cm³/mol. The third-order valence-corrected chi connectivity index (χ3v) is 1.35. The van der Waals surface area contributed by atoms with Crippen LogP contribution in [0.15, 0.2) is 6.20 Å². The van der Waals surface area contributed by atoms with Gasteiger partial charge < -0.3 is 0 Å². The molecule has 0 aliphatic rings. The quantitative estimate of drug-likeness (QED) is 0.630. The minimum absolute atomic E-state index is 0.315. The van der Waals surface area contributed by atoms with Gasteiger partial charge in [0, 0.05) is 12.2 Å². The molecule has 1 heterocycles. The highest BCUT2D eigenvalue weighted by molar-refractivity contribution is 5.00. The summed E-state index contributed by atoms with van der Waals surface area (Å²) in [5, 5.41) is 16.0. The molecule has 0 N–H and O–H groups in total. The largest absolute Gasteiger partial charge is 0.250 e. The molecule has 0 saturated carbocycles. The van der Waals surface area contributed by atoms with E-state index in [1.54, 1.807) is 10.9 Å². The second-order valence-corrected chi connectivity index (χ2v) is 2.62. The minimum Gasteiger partial charge on any atom is -0.250 e. The maximum atomic E-state index is 8.34. The van der Waals surface area contributed by atoms with Crippen LogP contribution in [0.2, 0.25) is 0 Å². The molecule has 0 radical (unpaired) electrons. The summed E-state index contributed by atoms with van der Waals surface area (Å²) >= 11 is 0. The van der Waals surface area contributed by atoms with Crippen molar-refractivity contribution in [3.63, 3.8) is 0 Å². The first kappa shape index (κ1) is 7.73. The molecule has 1 aromatic heterocycles. The lowest BCUT2D eigenvalue weighted by Crippen LogP contribution is -2.00. The Morgan fingerprint density at radius 1 is 1.73 bits per heavy atom. The molecule has 4 nitrogen and oxygen atoms in total. The lowest BCUT2D eigenvalue weighted by molar-refractivity contribution is 0.514. The van der Waals surface area contributed by atoms with Crippen LogP contribution in [0.5, 0.6) is 0 Å². The van der Waals surface area contributed by atoms with Gasteiger partial charge in [-0.15, -0.1) is 5.10 Å². The van der Waals surface area contributed by atoms with E-state index in [1.165, 1.54) is 0 Å². The molecule has 0 fully saturated rings. The Balaban J connectivity index is 2.75. The highest BCUT2D eigenvalue weighted by Crippen LogP contribution is 2.02. The average molecular weight is 150 g/mol. The predicted octanol–water partition coefficient (Wildman–Crippen LogP) is 0.925. The van der Waals surface area contributed by atoms with E-state index in [9.17, 15) is 0 Å². The number of rotatable bonds is 2. The van der Waals surface area contributed by atoms with E-state index in [-0.39, 0.29) is 0 Å². The molecule has 0 atom stereocenters. The fourth-order valence-electron chi connectivity index (χ4n) is 0.728. The lowest BCUT2D eigenvalue weighted by atomic mass is 10.3. The van der Waals surface area contributed by atoms with Crippen LogP contribution in [-0.4, -0.2) is 15.0 Å². The van der Waals surface area contributed by atoms with Gasteiger partial charge >= 0.3 is 0 Å². The molecule has 1 aromatic rings. The van der Waals surface area contributed by atoms with Gasteiger partial charge in [-0.2, -0.15) is 5.26 Å². The maximum absolute atomic E-state index is 8.34. The summed E-state index contributed by atoms with van der Waals surface area (Å²) in [6.07, 6.45) is 2.14. The molecule has 0 unspecified atom stereocenters. The van der Waals surface area contributed by atoms with E-state index in [0.717, 1.165) is 5.69 Å². The first-order chi connectivity index (χ1) is 5.24. The SMILES string of the molecule is CC(C)n1cc(CC#N)nn1. The van der Waals surface area contributed by atoms with Gasteiger partial charge in [-0.3, -0.25) is 0 Å². The van der Waals surface area contributed by atoms with E-state index < -0.39 is 0 Å². The molecule has 0 bridgehead atoms. The minimum atomic E-state index is 0.315. The molecule has 58 valence electrons. The molecule has 0 aliphatic heterocycles. The normalized spacial score (nSPS) is 10.0. The highest BCUT2D eigenvalue weighted by atomic mass is 15.4. The summed E-state index contributed by atoms with van der Waals surface area (Å²) in [5.41, 5.74) is 0.737. The van der Waals surface area contributed by atoms with Crippen molar-refractivity contribution >= 4 is 0 Å². The van der Waals surface area contributed by atoms with Crippen LogP contribution >= 0.6 is 0 Å². The van der Waals surface area contributed by atoms with Crippen LogP contribution in [-0.2, 0) is 6.42 Å². The van der Waals surface area contributed by atoms with Gasteiger partial charge in [0.15, 0.2) is 0 Å². The van der Waals surface area contributed by atoms with Crippen molar-refractivity contribution in [2.75, 3.05) is 0 Å². The van der Waals surface area contributed by atoms with Gasteiger partial charge in [0.2, 0.25) is 0 Å². The zero-order chi connectivity index (χ0) is 8.27. The van der Waals surface area contributed by atoms with Crippen LogP contribution in [0.4, 0.5) is 0 Å². The van der Waals surface area contributed by atoms with Crippen LogP contribution in [0.25, 0.3) is 0 Å². The van der Waals surface area contributed by atoms with Crippen molar-refractivity contribution in [1.82, 2.24) is 15.0 Å². The fraction of sp³-hybridized carbons (Fsp3) is 0.571. The Hall–Kier alpha value is -1.37. The molecule has 1 rings (SSSR count). The first-order valence-corrected chi connectivity index (χ1v) is 3.51. The van der Waals surface area contributed by atoms with Crippen molar-refractivity contribution in [3.05, 3.63) is 11.9 Å². The third kappa shape index (κ3) is 1.77. The number of nitriles is 1. The number of nitrogens with zero attached hydrogens (tertiary/aromatic N) is 4. The van der Waals surface area contributed by atoms with Gasteiger partial charge in [-0.1, -0.05) is 5.21 Å². The zero-order valence-electron chi connectivity index (χ0n) is 6.65. The maximum Gasteiger partial charge on any atom is 0.0967 e. The van der Waals surface area contributed by atoms with E-state index in [2.05, 4.69) is 10.3 Å². The van der Waals surface area contributed by atoms with Gasteiger partial charge in [0.05, 0.1) is 18.2 Å². The van der Waals surface area contributed by atoms with Gasteiger partial charge in [0.1, 0.15) is 0 Å². The molecule has 0 amide bonds. The second kappa shape index (κ2) is 3.15. The fourth-order valence-corrected chi connectivity index (χ4v) is 0.728. The summed E-state index contributed by atoms with van der Waals surface area (Å²) in [6.45, 7) is 4.04. The van der Waals surface area contributed by atoms with Crippen LogP contribution in [0.3, 0.4) is 0 Å². The molecule has 11 heavy (non-hydrogen) atoms. The Morgan fingerprint density at radius 3 is 2.91 bits per heavy atom. The van der Waals surface area contributed by atoms with Crippen molar-refractivity contribution in [3.8, 4) is 6.07 Å². The summed E-state index contributed by atoms with van der Waals surface area (Å²) in [5.74, 6) is 0. The molecule has 0 saturated heterocycles. The lowest BCUT2D eigenvalue weighted by Gasteiger charge is -2.00. The second-order valence-electron chi connectivity index (χ2n) is 2.62. The number of hydrogen-bond acceptors (Lipinski definition) is 3. The van der Waals surface area contributed by atoms with Gasteiger partial charge in [-0.05, 0) is 13.8 Å². The van der Waals surface area contributed by atoms with Crippen molar-refractivity contribution in [1.29, 1.82) is 5.26 Å². The first-order valence-electron chi connectivity index (χ1n) is 3.51. The summed E-state index contributed by atoms with van der Waals surface area (Å²) in [4.78, 5) is 0.